The Balaban J connectivity index is 1.48. The fourth-order valence-electron chi connectivity index (χ4n) is 3.44. The summed E-state index contributed by atoms with van der Waals surface area (Å²) in [7, 11) is 0. The zero-order valence-electron chi connectivity index (χ0n) is 12.6. The first-order chi connectivity index (χ1) is 9.81. The summed E-state index contributed by atoms with van der Waals surface area (Å²) in [6.45, 7) is 5.67. The largest absolute Gasteiger partial charge is 0.309 e. The fourth-order valence-corrected chi connectivity index (χ4v) is 4.34. The quantitative estimate of drug-likeness (QED) is 0.900. The molecule has 2 aliphatic rings. The minimum Gasteiger partial charge on any atom is -0.309 e. The molecule has 0 radical (unpaired) electrons. The summed E-state index contributed by atoms with van der Waals surface area (Å²) >= 11 is 1.90. The zero-order chi connectivity index (χ0) is 13.8. The molecular formula is C16H27N3S. The Morgan fingerprint density at radius 3 is 2.85 bits per heavy atom. The van der Waals surface area contributed by atoms with Gasteiger partial charge in [-0.2, -0.15) is 0 Å². The highest BCUT2D eigenvalue weighted by Crippen LogP contribution is 2.22. The van der Waals surface area contributed by atoms with Gasteiger partial charge in [-0.1, -0.05) is 19.3 Å². The standard InChI is InChI=1S/C16H27N3S/c1-13-6-4-5-9-19(13)12-16-18-11-15(20-16)10-17-14-7-2-3-8-14/h11,13-14,17H,2-10,12H2,1H3. The maximum Gasteiger partial charge on any atom is 0.107 e. The SMILES string of the molecule is CC1CCCCN1Cc1ncc(CNC2CCCC2)s1. The van der Waals surface area contributed by atoms with Gasteiger partial charge in [0.1, 0.15) is 5.01 Å². The molecule has 1 aliphatic carbocycles. The molecule has 1 unspecified atom stereocenters. The Hall–Kier alpha value is -0.450. The lowest BCUT2D eigenvalue weighted by Crippen LogP contribution is -2.36. The van der Waals surface area contributed by atoms with Crippen molar-refractivity contribution in [3.05, 3.63) is 16.1 Å². The molecule has 0 amide bonds. The Morgan fingerprint density at radius 1 is 1.25 bits per heavy atom. The Kier molecular flexibility index (Phi) is 5.08. The van der Waals surface area contributed by atoms with Crippen molar-refractivity contribution < 1.29 is 0 Å². The number of hydrogen-bond donors (Lipinski definition) is 1. The van der Waals surface area contributed by atoms with Crippen LogP contribution >= 0.6 is 11.3 Å². The van der Waals surface area contributed by atoms with E-state index in [0.29, 0.717) is 0 Å². The van der Waals surface area contributed by atoms with Gasteiger partial charge in [0.15, 0.2) is 0 Å². The molecule has 1 saturated heterocycles. The molecule has 0 bridgehead atoms. The van der Waals surface area contributed by atoms with Crippen LogP contribution in [0.3, 0.4) is 0 Å². The molecule has 0 spiro atoms. The van der Waals surface area contributed by atoms with Crippen molar-refractivity contribution in [3.8, 4) is 0 Å². The highest BCUT2D eigenvalue weighted by atomic mass is 32.1. The lowest BCUT2D eigenvalue weighted by molar-refractivity contribution is 0.152. The van der Waals surface area contributed by atoms with E-state index in [2.05, 4.69) is 28.3 Å². The van der Waals surface area contributed by atoms with Crippen LogP contribution in [0.4, 0.5) is 0 Å². The van der Waals surface area contributed by atoms with E-state index in [4.69, 9.17) is 0 Å². The minimum absolute atomic E-state index is 0.729. The molecule has 1 saturated carbocycles. The summed E-state index contributed by atoms with van der Waals surface area (Å²) in [4.78, 5) is 8.62. The molecule has 112 valence electrons. The van der Waals surface area contributed by atoms with E-state index in [1.54, 1.807) is 0 Å². The van der Waals surface area contributed by atoms with Crippen molar-refractivity contribution in [3.63, 3.8) is 0 Å². The molecule has 2 fully saturated rings. The van der Waals surface area contributed by atoms with E-state index in [1.165, 1.54) is 61.4 Å². The van der Waals surface area contributed by atoms with Crippen molar-refractivity contribution in [2.75, 3.05) is 6.54 Å². The van der Waals surface area contributed by atoms with Crippen LogP contribution in [0.25, 0.3) is 0 Å². The van der Waals surface area contributed by atoms with Crippen LogP contribution in [0.1, 0.15) is 61.8 Å². The van der Waals surface area contributed by atoms with Gasteiger partial charge in [-0.25, -0.2) is 4.98 Å². The van der Waals surface area contributed by atoms with Crippen LogP contribution in [-0.4, -0.2) is 28.5 Å². The second-order valence-corrected chi connectivity index (χ2v) is 7.60. The van der Waals surface area contributed by atoms with Gasteiger partial charge in [0.2, 0.25) is 0 Å². The van der Waals surface area contributed by atoms with Gasteiger partial charge >= 0.3 is 0 Å². The van der Waals surface area contributed by atoms with E-state index in [1.807, 2.05) is 11.3 Å². The smallest absolute Gasteiger partial charge is 0.107 e. The van der Waals surface area contributed by atoms with Gasteiger partial charge in [-0.3, -0.25) is 4.90 Å². The molecule has 2 heterocycles. The summed E-state index contributed by atoms with van der Waals surface area (Å²) in [5, 5.41) is 4.97. The molecule has 4 heteroatoms. The van der Waals surface area contributed by atoms with Crippen molar-refractivity contribution in [1.82, 2.24) is 15.2 Å². The summed E-state index contributed by atoms with van der Waals surface area (Å²) in [5.41, 5.74) is 0. The number of nitrogens with zero attached hydrogens (tertiary/aromatic N) is 2. The third kappa shape index (κ3) is 3.80. The monoisotopic (exact) mass is 293 g/mol. The topological polar surface area (TPSA) is 28.2 Å². The first-order valence-electron chi connectivity index (χ1n) is 8.22. The molecule has 1 aromatic rings. The first-order valence-corrected chi connectivity index (χ1v) is 9.04. The fraction of sp³-hybridized carbons (Fsp3) is 0.812. The van der Waals surface area contributed by atoms with Gasteiger partial charge in [0.05, 0.1) is 6.54 Å². The molecule has 1 aromatic heterocycles. The van der Waals surface area contributed by atoms with Gasteiger partial charge in [-0.15, -0.1) is 11.3 Å². The minimum atomic E-state index is 0.729. The lowest BCUT2D eigenvalue weighted by atomic mass is 10.0. The molecule has 1 aliphatic heterocycles. The van der Waals surface area contributed by atoms with E-state index < -0.39 is 0 Å². The molecule has 3 rings (SSSR count). The van der Waals surface area contributed by atoms with Crippen molar-refractivity contribution in [2.24, 2.45) is 0 Å². The number of thiazole rings is 1. The molecule has 1 N–H and O–H groups in total. The maximum absolute atomic E-state index is 4.63. The van der Waals surface area contributed by atoms with Crippen LogP contribution < -0.4 is 5.32 Å². The normalized spacial score (nSPS) is 25.4. The average Bonchev–Trinajstić information content (AvgIpc) is 3.10. The van der Waals surface area contributed by atoms with Crippen LogP contribution in [-0.2, 0) is 13.1 Å². The number of hydrogen-bond acceptors (Lipinski definition) is 4. The summed E-state index contributed by atoms with van der Waals surface area (Å²) in [5.74, 6) is 0. The van der Waals surface area contributed by atoms with E-state index in [-0.39, 0.29) is 0 Å². The van der Waals surface area contributed by atoms with Gasteiger partial charge in [0.25, 0.3) is 0 Å². The van der Waals surface area contributed by atoms with E-state index >= 15 is 0 Å². The average molecular weight is 293 g/mol. The van der Waals surface area contributed by atoms with Gasteiger partial charge < -0.3 is 5.32 Å². The van der Waals surface area contributed by atoms with E-state index in [0.717, 1.165) is 25.2 Å². The van der Waals surface area contributed by atoms with Gasteiger partial charge in [-0.05, 0) is 39.2 Å². The van der Waals surface area contributed by atoms with Crippen molar-refractivity contribution in [2.45, 2.75) is 77.0 Å². The van der Waals surface area contributed by atoms with Crippen molar-refractivity contribution in [1.29, 1.82) is 0 Å². The number of nitrogens with one attached hydrogen (secondary N) is 1. The molecule has 1 atom stereocenters. The van der Waals surface area contributed by atoms with Gasteiger partial charge in [0, 0.05) is 29.7 Å². The van der Waals surface area contributed by atoms with Crippen molar-refractivity contribution >= 4 is 11.3 Å². The Morgan fingerprint density at radius 2 is 2.05 bits per heavy atom. The predicted molar refractivity (Wildman–Crippen MR) is 84.9 cm³/mol. The van der Waals surface area contributed by atoms with Crippen LogP contribution in [0.5, 0.6) is 0 Å². The van der Waals surface area contributed by atoms with E-state index in [9.17, 15) is 0 Å². The number of aromatic nitrogens is 1. The first kappa shape index (κ1) is 14.5. The molecule has 3 nitrogen and oxygen atoms in total. The molecule has 0 aromatic carbocycles. The Labute approximate surface area is 126 Å². The summed E-state index contributed by atoms with van der Waals surface area (Å²) < 4.78 is 0. The predicted octanol–water partition coefficient (Wildman–Crippen LogP) is 3.55. The number of likely N-dealkylation sites (tertiary alicyclic amines) is 1. The lowest BCUT2D eigenvalue weighted by Gasteiger charge is -2.32. The summed E-state index contributed by atoms with van der Waals surface area (Å²) in [6, 6.07) is 1.48. The van der Waals surface area contributed by atoms with Crippen LogP contribution in [0, 0.1) is 0 Å². The molecular weight excluding hydrogens is 266 g/mol. The number of rotatable bonds is 5. The zero-order valence-corrected chi connectivity index (χ0v) is 13.4. The second-order valence-electron chi connectivity index (χ2n) is 6.40. The third-order valence-electron chi connectivity index (χ3n) is 4.80. The van der Waals surface area contributed by atoms with Crippen LogP contribution in [0.2, 0.25) is 0 Å². The third-order valence-corrected chi connectivity index (χ3v) is 5.78. The summed E-state index contributed by atoms with van der Waals surface area (Å²) in [6.07, 6.45) is 11.7. The number of piperidine rings is 1. The highest BCUT2D eigenvalue weighted by molar-refractivity contribution is 7.11. The maximum atomic E-state index is 4.63. The van der Waals surface area contributed by atoms with Crippen LogP contribution in [0.15, 0.2) is 6.20 Å². The highest BCUT2D eigenvalue weighted by Gasteiger charge is 2.19. The Bertz CT molecular complexity index is 412. The molecule has 20 heavy (non-hydrogen) atoms. The second kappa shape index (κ2) is 7.01.